The lowest BCUT2D eigenvalue weighted by Crippen LogP contribution is -2.17. The molecule has 0 radical (unpaired) electrons. The number of hydrogen-bond donors (Lipinski definition) is 1. The van der Waals surface area contributed by atoms with E-state index in [1.54, 1.807) is 4.90 Å². The Morgan fingerprint density at radius 1 is 0.926 bits per heavy atom. The highest BCUT2D eigenvalue weighted by atomic mass is 16.4. The fraction of sp³-hybridized carbons (Fsp3) is 0.826. The molecule has 0 aromatic heterocycles. The van der Waals surface area contributed by atoms with Crippen molar-refractivity contribution in [1.82, 2.24) is 4.90 Å². The number of unbranched alkanes of at least 4 members (excludes halogenated alkanes) is 11. The lowest BCUT2D eigenvalue weighted by atomic mass is 10.1. The summed E-state index contributed by atoms with van der Waals surface area (Å²) in [5, 5.41) is 8.51. The summed E-state index contributed by atoms with van der Waals surface area (Å²) in [7, 11) is 1.84. The number of rotatable bonds is 15. The maximum Gasteiger partial charge on any atom is 0.303 e. The van der Waals surface area contributed by atoms with Crippen molar-refractivity contribution in [3.8, 4) is 0 Å². The van der Waals surface area contributed by atoms with Crippen LogP contribution in [0.25, 0.3) is 0 Å². The van der Waals surface area contributed by atoms with Crippen LogP contribution in [0.2, 0.25) is 0 Å². The zero-order valence-electron chi connectivity index (χ0n) is 17.9. The number of carbonyl (C=O) groups excluding carboxylic acids is 1. The van der Waals surface area contributed by atoms with Crippen molar-refractivity contribution in [3.05, 3.63) is 12.2 Å². The van der Waals surface area contributed by atoms with Gasteiger partial charge in [0, 0.05) is 26.4 Å². The standard InChI is InChI=1S/C18H34O2.C5H9NO/c1-2-3-4-5-6-7-8-9-10-11-12-13-14-15-16-17-18(19)20;1-6-4-2-3-5(6)7/h9-10H,2-8,11-17H2,1H3,(H,19,20);2-4H2,1H3/b10-9-;. The fourth-order valence-corrected chi connectivity index (χ4v) is 3.13. The molecule has 1 saturated heterocycles. The van der Waals surface area contributed by atoms with Gasteiger partial charge in [-0.05, 0) is 38.5 Å². The summed E-state index contributed by atoms with van der Waals surface area (Å²) in [6.07, 6.45) is 23.1. The molecule has 158 valence electrons. The molecule has 4 heteroatoms. The third kappa shape index (κ3) is 19.3. The third-order valence-corrected chi connectivity index (χ3v) is 4.96. The van der Waals surface area contributed by atoms with E-state index >= 15 is 0 Å². The molecule has 1 N–H and O–H groups in total. The number of allylic oxidation sites excluding steroid dienone is 2. The summed E-state index contributed by atoms with van der Waals surface area (Å²) in [5.41, 5.74) is 0. The zero-order chi connectivity index (χ0) is 20.2. The molecule has 0 aliphatic carbocycles. The van der Waals surface area contributed by atoms with E-state index in [1.807, 2.05) is 7.05 Å². The Labute approximate surface area is 167 Å². The van der Waals surface area contributed by atoms with E-state index in [4.69, 9.17) is 5.11 Å². The minimum atomic E-state index is -0.664. The van der Waals surface area contributed by atoms with Gasteiger partial charge in [-0.15, -0.1) is 0 Å². The molecular weight excluding hydrogens is 338 g/mol. The number of carboxylic acid groups (broad SMARTS) is 1. The van der Waals surface area contributed by atoms with Crippen molar-refractivity contribution < 1.29 is 14.7 Å². The fourth-order valence-electron chi connectivity index (χ4n) is 3.13. The normalized spacial score (nSPS) is 13.9. The van der Waals surface area contributed by atoms with Gasteiger partial charge >= 0.3 is 5.97 Å². The molecule has 0 spiro atoms. The Balaban J connectivity index is 0.000000797. The molecule has 1 amide bonds. The number of nitrogens with zero attached hydrogens (tertiary/aromatic N) is 1. The Bertz CT molecular complexity index is 393. The molecular formula is C23H43NO3. The van der Waals surface area contributed by atoms with Crippen molar-refractivity contribution in [3.63, 3.8) is 0 Å². The predicted molar refractivity (Wildman–Crippen MR) is 114 cm³/mol. The van der Waals surface area contributed by atoms with Crippen molar-refractivity contribution in [2.75, 3.05) is 13.6 Å². The van der Waals surface area contributed by atoms with Crippen LogP contribution in [-0.4, -0.2) is 35.5 Å². The predicted octanol–water partition coefficient (Wildman–Crippen LogP) is 6.35. The number of hydrogen-bond acceptors (Lipinski definition) is 2. The van der Waals surface area contributed by atoms with Crippen molar-refractivity contribution in [2.24, 2.45) is 0 Å². The molecule has 1 heterocycles. The molecule has 1 aliphatic rings. The molecule has 0 aromatic rings. The zero-order valence-corrected chi connectivity index (χ0v) is 17.9. The Hall–Kier alpha value is -1.32. The first kappa shape index (κ1) is 25.7. The number of carboxylic acids is 1. The number of carbonyl (C=O) groups is 2. The molecule has 1 fully saturated rings. The largest absolute Gasteiger partial charge is 0.481 e. The van der Waals surface area contributed by atoms with E-state index in [-0.39, 0.29) is 0 Å². The maximum atomic E-state index is 10.5. The van der Waals surface area contributed by atoms with Crippen LogP contribution in [0.4, 0.5) is 0 Å². The first-order valence-corrected chi connectivity index (χ1v) is 11.2. The lowest BCUT2D eigenvalue weighted by molar-refractivity contribution is -0.137. The van der Waals surface area contributed by atoms with E-state index in [0.717, 1.165) is 32.2 Å². The Morgan fingerprint density at radius 3 is 1.85 bits per heavy atom. The monoisotopic (exact) mass is 381 g/mol. The van der Waals surface area contributed by atoms with Gasteiger partial charge in [0.2, 0.25) is 5.91 Å². The maximum absolute atomic E-state index is 10.5. The number of aliphatic carboxylic acids is 1. The molecule has 1 aliphatic heterocycles. The van der Waals surface area contributed by atoms with Gasteiger partial charge in [-0.2, -0.15) is 0 Å². The second kappa shape index (κ2) is 19.4. The van der Waals surface area contributed by atoms with Crippen LogP contribution in [0.15, 0.2) is 12.2 Å². The van der Waals surface area contributed by atoms with Gasteiger partial charge < -0.3 is 10.0 Å². The average molecular weight is 382 g/mol. The Morgan fingerprint density at radius 2 is 1.44 bits per heavy atom. The topological polar surface area (TPSA) is 57.6 Å². The van der Waals surface area contributed by atoms with Gasteiger partial charge in [-0.25, -0.2) is 0 Å². The van der Waals surface area contributed by atoms with Crippen LogP contribution >= 0.6 is 0 Å². The van der Waals surface area contributed by atoms with Crippen molar-refractivity contribution >= 4 is 11.9 Å². The van der Waals surface area contributed by atoms with Crippen LogP contribution in [0, 0.1) is 0 Å². The summed E-state index contributed by atoms with van der Waals surface area (Å²) in [4.78, 5) is 22.6. The second-order valence-electron chi connectivity index (χ2n) is 7.65. The van der Waals surface area contributed by atoms with Crippen molar-refractivity contribution in [2.45, 2.75) is 110 Å². The molecule has 0 aromatic carbocycles. The quantitative estimate of drug-likeness (QED) is 0.266. The molecule has 0 bridgehead atoms. The molecule has 0 unspecified atom stereocenters. The van der Waals surface area contributed by atoms with E-state index < -0.39 is 5.97 Å². The van der Waals surface area contributed by atoms with Crippen molar-refractivity contribution in [1.29, 1.82) is 0 Å². The number of likely N-dealkylation sites (tertiary alicyclic amines) is 1. The van der Waals surface area contributed by atoms with Gasteiger partial charge in [0.1, 0.15) is 0 Å². The second-order valence-corrected chi connectivity index (χ2v) is 7.65. The van der Waals surface area contributed by atoms with Gasteiger partial charge in [0.05, 0.1) is 0 Å². The first-order valence-electron chi connectivity index (χ1n) is 11.2. The lowest BCUT2D eigenvalue weighted by Gasteiger charge is -2.03. The van der Waals surface area contributed by atoms with E-state index in [0.29, 0.717) is 12.3 Å². The highest BCUT2D eigenvalue weighted by molar-refractivity contribution is 5.77. The smallest absolute Gasteiger partial charge is 0.303 e. The highest BCUT2D eigenvalue weighted by Crippen LogP contribution is 2.09. The summed E-state index contributed by atoms with van der Waals surface area (Å²) in [5.74, 6) is -0.373. The van der Waals surface area contributed by atoms with E-state index in [9.17, 15) is 9.59 Å². The molecule has 0 atom stereocenters. The van der Waals surface area contributed by atoms with Crippen LogP contribution in [0.3, 0.4) is 0 Å². The van der Waals surface area contributed by atoms with Crippen LogP contribution < -0.4 is 0 Å². The van der Waals surface area contributed by atoms with Gasteiger partial charge in [-0.3, -0.25) is 9.59 Å². The molecule has 1 rings (SSSR count). The highest BCUT2D eigenvalue weighted by Gasteiger charge is 2.14. The van der Waals surface area contributed by atoms with Gasteiger partial charge in [0.15, 0.2) is 0 Å². The van der Waals surface area contributed by atoms with Crippen LogP contribution in [-0.2, 0) is 9.59 Å². The van der Waals surface area contributed by atoms with Crippen LogP contribution in [0.5, 0.6) is 0 Å². The van der Waals surface area contributed by atoms with Gasteiger partial charge in [-0.1, -0.05) is 70.4 Å². The SMILES string of the molecule is CCCCCCCC/C=C\CCCCCCCC(=O)O.CN1CCCC1=O. The third-order valence-electron chi connectivity index (χ3n) is 4.96. The summed E-state index contributed by atoms with van der Waals surface area (Å²) >= 11 is 0. The van der Waals surface area contributed by atoms with E-state index in [1.165, 1.54) is 70.6 Å². The van der Waals surface area contributed by atoms with Crippen LogP contribution in [0.1, 0.15) is 110 Å². The summed E-state index contributed by atoms with van der Waals surface area (Å²) in [6, 6.07) is 0. The van der Waals surface area contributed by atoms with E-state index in [2.05, 4.69) is 19.1 Å². The average Bonchev–Trinajstić information content (AvgIpc) is 3.01. The molecule has 27 heavy (non-hydrogen) atoms. The minimum Gasteiger partial charge on any atom is -0.481 e. The minimum absolute atomic E-state index is 0.292. The Kier molecular flexibility index (Phi) is 18.5. The number of amides is 1. The summed E-state index contributed by atoms with van der Waals surface area (Å²) in [6.45, 7) is 3.22. The summed E-state index contributed by atoms with van der Waals surface area (Å²) < 4.78 is 0. The van der Waals surface area contributed by atoms with Gasteiger partial charge in [0.25, 0.3) is 0 Å². The molecule has 0 saturated carbocycles. The first-order chi connectivity index (χ1) is 13.1. The molecule has 4 nitrogen and oxygen atoms in total.